The van der Waals surface area contributed by atoms with Crippen LogP contribution in [-0.4, -0.2) is 23.6 Å². The van der Waals surface area contributed by atoms with Crippen molar-refractivity contribution in [3.63, 3.8) is 0 Å². The molecule has 92 valence electrons. The normalized spacial score (nSPS) is 13.6. The Balaban J connectivity index is 1.93. The van der Waals surface area contributed by atoms with E-state index in [-0.39, 0.29) is 0 Å². The van der Waals surface area contributed by atoms with Gasteiger partial charge in [0.15, 0.2) is 0 Å². The number of hydrogen-bond acceptors (Lipinski definition) is 4. The summed E-state index contributed by atoms with van der Waals surface area (Å²) in [7, 11) is 1.99. The molecule has 1 N–H and O–H groups in total. The van der Waals surface area contributed by atoms with Crippen LogP contribution in [0.5, 0.6) is 0 Å². The molecule has 0 saturated heterocycles. The number of rotatable bonds is 2. The van der Waals surface area contributed by atoms with Crippen LogP contribution in [0.1, 0.15) is 12.0 Å². The first-order valence-electron chi connectivity index (χ1n) is 6.22. The average Bonchev–Trinajstić information content (AvgIpc) is 2.47. The zero-order valence-corrected chi connectivity index (χ0v) is 10.4. The van der Waals surface area contributed by atoms with Crippen LogP contribution >= 0.6 is 0 Å². The standard InChI is InChI=1S/C14H16N4/c1-18(14-16-8-3-9-17-14)12-5-6-13-11(10-12)4-2-7-15-13/h3,5-6,8-10,15H,2,4,7H2,1H3. The topological polar surface area (TPSA) is 41.0 Å². The summed E-state index contributed by atoms with van der Waals surface area (Å²) in [6.07, 6.45) is 5.86. The molecule has 1 aliphatic heterocycles. The van der Waals surface area contributed by atoms with Crippen LogP contribution in [0.2, 0.25) is 0 Å². The number of aryl methyl sites for hydroxylation is 1. The third kappa shape index (κ3) is 2.01. The number of benzene rings is 1. The maximum Gasteiger partial charge on any atom is 0.229 e. The van der Waals surface area contributed by atoms with Gasteiger partial charge in [0, 0.05) is 37.4 Å². The molecule has 18 heavy (non-hydrogen) atoms. The Bertz CT molecular complexity index is 539. The van der Waals surface area contributed by atoms with Crippen LogP contribution in [0.3, 0.4) is 0 Å². The molecule has 1 aromatic heterocycles. The Kier molecular flexibility index (Phi) is 2.84. The lowest BCUT2D eigenvalue weighted by molar-refractivity contribution is 0.829. The van der Waals surface area contributed by atoms with Gasteiger partial charge in [-0.25, -0.2) is 9.97 Å². The molecule has 0 radical (unpaired) electrons. The van der Waals surface area contributed by atoms with Gasteiger partial charge in [0.25, 0.3) is 0 Å². The van der Waals surface area contributed by atoms with E-state index >= 15 is 0 Å². The molecular weight excluding hydrogens is 224 g/mol. The first kappa shape index (κ1) is 11.0. The van der Waals surface area contributed by atoms with Gasteiger partial charge in [-0.2, -0.15) is 0 Å². The van der Waals surface area contributed by atoms with Crippen molar-refractivity contribution in [2.75, 3.05) is 23.8 Å². The molecule has 0 spiro atoms. The first-order chi connectivity index (χ1) is 8.84. The molecular formula is C14H16N4. The second kappa shape index (κ2) is 4.64. The summed E-state index contributed by atoms with van der Waals surface area (Å²) in [6.45, 7) is 1.07. The number of hydrogen-bond donors (Lipinski definition) is 1. The third-order valence-corrected chi connectivity index (χ3v) is 3.27. The number of nitrogens with zero attached hydrogens (tertiary/aromatic N) is 3. The van der Waals surface area contributed by atoms with E-state index in [4.69, 9.17) is 0 Å². The molecule has 0 saturated carbocycles. The number of aromatic nitrogens is 2. The van der Waals surface area contributed by atoms with Gasteiger partial charge < -0.3 is 10.2 Å². The van der Waals surface area contributed by atoms with E-state index in [9.17, 15) is 0 Å². The van der Waals surface area contributed by atoms with Gasteiger partial charge in [0.05, 0.1) is 0 Å². The third-order valence-electron chi connectivity index (χ3n) is 3.27. The highest BCUT2D eigenvalue weighted by Gasteiger charge is 2.12. The predicted octanol–water partition coefficient (Wildman–Crippen LogP) is 2.60. The summed E-state index contributed by atoms with van der Waals surface area (Å²) in [4.78, 5) is 10.5. The van der Waals surface area contributed by atoms with Crippen molar-refractivity contribution in [1.29, 1.82) is 0 Å². The lowest BCUT2D eigenvalue weighted by atomic mass is 10.0. The van der Waals surface area contributed by atoms with E-state index in [2.05, 4.69) is 33.5 Å². The summed E-state index contributed by atoms with van der Waals surface area (Å²) in [5, 5.41) is 3.42. The predicted molar refractivity (Wildman–Crippen MR) is 73.3 cm³/mol. The maximum atomic E-state index is 4.27. The van der Waals surface area contributed by atoms with Crippen LogP contribution in [0.25, 0.3) is 0 Å². The van der Waals surface area contributed by atoms with Crippen molar-refractivity contribution in [3.05, 3.63) is 42.2 Å². The number of anilines is 3. The van der Waals surface area contributed by atoms with Gasteiger partial charge in [0.2, 0.25) is 5.95 Å². The largest absolute Gasteiger partial charge is 0.385 e. The highest BCUT2D eigenvalue weighted by Crippen LogP contribution is 2.28. The van der Waals surface area contributed by atoms with Crippen LogP contribution in [0, 0.1) is 0 Å². The Morgan fingerprint density at radius 1 is 1.22 bits per heavy atom. The molecule has 4 nitrogen and oxygen atoms in total. The monoisotopic (exact) mass is 240 g/mol. The van der Waals surface area contributed by atoms with Gasteiger partial charge in [-0.3, -0.25) is 0 Å². The molecule has 4 heteroatoms. The van der Waals surface area contributed by atoms with Gasteiger partial charge in [-0.05, 0) is 42.7 Å². The number of fused-ring (bicyclic) bond motifs is 1. The summed E-state index contributed by atoms with van der Waals surface area (Å²) in [6, 6.07) is 8.29. The summed E-state index contributed by atoms with van der Waals surface area (Å²) >= 11 is 0. The van der Waals surface area contributed by atoms with E-state index in [0.29, 0.717) is 0 Å². The van der Waals surface area contributed by atoms with Crippen LogP contribution < -0.4 is 10.2 Å². The van der Waals surface area contributed by atoms with Crippen molar-refractivity contribution < 1.29 is 0 Å². The molecule has 0 unspecified atom stereocenters. The lowest BCUT2D eigenvalue weighted by Gasteiger charge is -2.22. The second-order valence-corrected chi connectivity index (χ2v) is 4.48. The van der Waals surface area contributed by atoms with E-state index in [1.165, 1.54) is 17.7 Å². The highest BCUT2D eigenvalue weighted by atomic mass is 15.2. The smallest absolute Gasteiger partial charge is 0.229 e. The fourth-order valence-corrected chi connectivity index (χ4v) is 2.25. The van der Waals surface area contributed by atoms with Gasteiger partial charge >= 0.3 is 0 Å². The van der Waals surface area contributed by atoms with E-state index in [0.717, 1.165) is 24.6 Å². The molecule has 0 amide bonds. The SMILES string of the molecule is CN(c1ccc2c(c1)CCCN2)c1ncccn1. The molecule has 3 rings (SSSR count). The van der Waals surface area contributed by atoms with Gasteiger partial charge in [-0.1, -0.05) is 0 Å². The molecule has 2 heterocycles. The van der Waals surface area contributed by atoms with Gasteiger partial charge in [0.1, 0.15) is 0 Å². The highest BCUT2D eigenvalue weighted by molar-refractivity contribution is 5.65. The van der Waals surface area contributed by atoms with E-state index < -0.39 is 0 Å². The zero-order chi connectivity index (χ0) is 12.4. The molecule has 1 aliphatic rings. The minimum absolute atomic E-state index is 0.723. The average molecular weight is 240 g/mol. The maximum absolute atomic E-state index is 4.27. The van der Waals surface area contributed by atoms with Crippen LogP contribution in [-0.2, 0) is 6.42 Å². The van der Waals surface area contributed by atoms with Gasteiger partial charge in [-0.15, -0.1) is 0 Å². The summed E-state index contributed by atoms with van der Waals surface area (Å²) < 4.78 is 0. The van der Waals surface area contributed by atoms with Crippen molar-refractivity contribution in [2.24, 2.45) is 0 Å². The Morgan fingerprint density at radius 2 is 2.06 bits per heavy atom. The molecule has 0 aliphatic carbocycles. The summed E-state index contributed by atoms with van der Waals surface area (Å²) in [5.74, 6) is 0.723. The van der Waals surface area contributed by atoms with Crippen molar-refractivity contribution in [3.8, 4) is 0 Å². The van der Waals surface area contributed by atoms with Crippen LogP contribution in [0.15, 0.2) is 36.7 Å². The first-order valence-corrected chi connectivity index (χ1v) is 6.22. The molecule has 2 aromatic rings. The summed E-state index contributed by atoms with van der Waals surface area (Å²) in [5.41, 5.74) is 3.76. The van der Waals surface area contributed by atoms with E-state index in [1.807, 2.05) is 18.0 Å². The van der Waals surface area contributed by atoms with Crippen molar-refractivity contribution in [2.45, 2.75) is 12.8 Å². The number of nitrogens with one attached hydrogen (secondary N) is 1. The minimum Gasteiger partial charge on any atom is -0.385 e. The van der Waals surface area contributed by atoms with Crippen LogP contribution in [0.4, 0.5) is 17.3 Å². The molecule has 0 bridgehead atoms. The fourth-order valence-electron chi connectivity index (χ4n) is 2.25. The molecule has 0 atom stereocenters. The van der Waals surface area contributed by atoms with Crippen molar-refractivity contribution in [1.82, 2.24) is 9.97 Å². The minimum atomic E-state index is 0.723. The Hall–Kier alpha value is -2.10. The molecule has 0 fully saturated rings. The van der Waals surface area contributed by atoms with Crippen molar-refractivity contribution >= 4 is 17.3 Å². The fraction of sp³-hybridized carbons (Fsp3) is 0.286. The molecule has 1 aromatic carbocycles. The second-order valence-electron chi connectivity index (χ2n) is 4.48. The Morgan fingerprint density at radius 3 is 2.89 bits per heavy atom. The zero-order valence-electron chi connectivity index (χ0n) is 10.4. The lowest BCUT2D eigenvalue weighted by Crippen LogP contribution is -2.15. The quantitative estimate of drug-likeness (QED) is 0.876. The van der Waals surface area contributed by atoms with E-state index in [1.54, 1.807) is 12.4 Å². The Labute approximate surface area is 107 Å².